The van der Waals surface area contributed by atoms with Crippen LogP contribution in [0.2, 0.25) is 0 Å². The molecule has 1 heterocycles. The molecule has 1 aromatic heterocycles. The fourth-order valence-electron chi connectivity index (χ4n) is 2.40. The first-order chi connectivity index (χ1) is 8.76. The molecule has 0 spiro atoms. The number of hydrogen-bond donors (Lipinski definition) is 1. The maximum absolute atomic E-state index is 5.43. The van der Waals surface area contributed by atoms with E-state index in [0.29, 0.717) is 6.04 Å². The van der Waals surface area contributed by atoms with Crippen LogP contribution in [0.5, 0.6) is 5.75 Å². The molecular formula is C15H27NOS. The molecule has 1 aromatic rings. The normalized spacial score (nSPS) is 14.4. The molecule has 0 amide bonds. The Morgan fingerprint density at radius 1 is 1.39 bits per heavy atom. The second-order valence-electron chi connectivity index (χ2n) is 4.85. The monoisotopic (exact) mass is 269 g/mol. The summed E-state index contributed by atoms with van der Waals surface area (Å²) >= 11 is 1.80. The smallest absolute Gasteiger partial charge is 0.134 e. The van der Waals surface area contributed by atoms with Crippen LogP contribution >= 0.6 is 11.3 Å². The fraction of sp³-hybridized carbons (Fsp3) is 0.733. The molecule has 0 radical (unpaired) electrons. The molecule has 104 valence electrons. The number of rotatable bonds is 9. The maximum Gasteiger partial charge on any atom is 0.134 e. The van der Waals surface area contributed by atoms with E-state index in [1.54, 1.807) is 18.4 Å². The molecule has 0 fully saturated rings. The maximum atomic E-state index is 5.43. The average molecular weight is 269 g/mol. The molecule has 1 rings (SSSR count). The van der Waals surface area contributed by atoms with Gasteiger partial charge in [0.1, 0.15) is 5.75 Å². The van der Waals surface area contributed by atoms with E-state index in [-0.39, 0.29) is 0 Å². The topological polar surface area (TPSA) is 21.3 Å². The molecule has 0 saturated carbocycles. The summed E-state index contributed by atoms with van der Waals surface area (Å²) in [6.45, 7) is 4.57. The number of ether oxygens (including phenoxy) is 1. The quantitative estimate of drug-likeness (QED) is 0.706. The minimum atomic E-state index is 0.432. The van der Waals surface area contributed by atoms with Crippen LogP contribution in [0.1, 0.15) is 56.9 Å². The molecule has 0 aliphatic rings. The zero-order valence-electron chi connectivity index (χ0n) is 12.2. The predicted octanol–water partition coefficient (Wildman–Crippen LogP) is 4.62. The fourth-order valence-corrected chi connectivity index (χ4v) is 3.39. The van der Waals surface area contributed by atoms with E-state index in [1.165, 1.54) is 37.0 Å². The van der Waals surface area contributed by atoms with Gasteiger partial charge in [-0.1, -0.05) is 39.5 Å². The van der Waals surface area contributed by atoms with Gasteiger partial charge in [0.15, 0.2) is 0 Å². The highest BCUT2D eigenvalue weighted by Crippen LogP contribution is 2.35. The molecule has 2 atom stereocenters. The molecule has 1 N–H and O–H groups in total. The molecule has 0 aromatic carbocycles. The molecule has 2 nitrogen and oxygen atoms in total. The van der Waals surface area contributed by atoms with E-state index >= 15 is 0 Å². The highest BCUT2D eigenvalue weighted by atomic mass is 32.1. The largest absolute Gasteiger partial charge is 0.496 e. The van der Waals surface area contributed by atoms with E-state index in [0.717, 1.165) is 11.7 Å². The van der Waals surface area contributed by atoms with Crippen LogP contribution in [0.4, 0.5) is 0 Å². The minimum absolute atomic E-state index is 0.432. The number of thiophene rings is 1. The Morgan fingerprint density at radius 2 is 2.17 bits per heavy atom. The summed E-state index contributed by atoms with van der Waals surface area (Å²) in [7, 11) is 3.81. The van der Waals surface area contributed by atoms with Crippen molar-refractivity contribution in [2.45, 2.75) is 52.0 Å². The van der Waals surface area contributed by atoms with Gasteiger partial charge in [-0.15, -0.1) is 11.3 Å². The number of nitrogens with one attached hydrogen (secondary N) is 1. The summed E-state index contributed by atoms with van der Waals surface area (Å²) in [5.74, 6) is 1.85. The van der Waals surface area contributed by atoms with Crippen LogP contribution in [-0.2, 0) is 0 Å². The lowest BCUT2D eigenvalue weighted by atomic mass is 9.91. The van der Waals surface area contributed by atoms with Crippen LogP contribution in [0.15, 0.2) is 11.4 Å². The van der Waals surface area contributed by atoms with E-state index in [1.807, 2.05) is 0 Å². The second-order valence-corrected chi connectivity index (χ2v) is 5.79. The third-order valence-corrected chi connectivity index (χ3v) is 4.67. The minimum Gasteiger partial charge on any atom is -0.496 e. The third kappa shape index (κ3) is 4.29. The zero-order chi connectivity index (χ0) is 13.4. The molecule has 0 bridgehead atoms. The second kappa shape index (κ2) is 8.54. The van der Waals surface area contributed by atoms with Gasteiger partial charge in [-0.05, 0) is 30.8 Å². The van der Waals surface area contributed by atoms with Crippen molar-refractivity contribution in [1.29, 1.82) is 0 Å². The third-order valence-electron chi connectivity index (χ3n) is 3.65. The Bertz CT molecular complexity index is 324. The highest BCUT2D eigenvalue weighted by molar-refractivity contribution is 7.10. The SMILES string of the molecule is CCCCC(CC)CC(NC)c1sccc1OC. The van der Waals surface area contributed by atoms with E-state index in [2.05, 4.69) is 37.7 Å². The first-order valence-electron chi connectivity index (χ1n) is 7.05. The van der Waals surface area contributed by atoms with Crippen molar-refractivity contribution in [2.24, 2.45) is 5.92 Å². The summed E-state index contributed by atoms with van der Waals surface area (Å²) in [6.07, 6.45) is 6.47. The van der Waals surface area contributed by atoms with E-state index in [9.17, 15) is 0 Å². The predicted molar refractivity (Wildman–Crippen MR) is 80.6 cm³/mol. The summed E-state index contributed by atoms with van der Waals surface area (Å²) < 4.78 is 5.43. The molecule has 18 heavy (non-hydrogen) atoms. The molecular weight excluding hydrogens is 242 g/mol. The zero-order valence-corrected chi connectivity index (χ0v) is 13.0. The van der Waals surface area contributed by atoms with Gasteiger partial charge in [-0.25, -0.2) is 0 Å². The average Bonchev–Trinajstić information content (AvgIpc) is 2.87. The van der Waals surface area contributed by atoms with Gasteiger partial charge in [0, 0.05) is 6.04 Å². The van der Waals surface area contributed by atoms with Crippen molar-refractivity contribution >= 4 is 11.3 Å². The Hall–Kier alpha value is -0.540. The molecule has 2 unspecified atom stereocenters. The van der Waals surface area contributed by atoms with Gasteiger partial charge >= 0.3 is 0 Å². The van der Waals surface area contributed by atoms with Crippen LogP contribution < -0.4 is 10.1 Å². The standard InChI is InChI=1S/C15H27NOS/c1-5-7-8-12(6-2)11-13(16-3)15-14(17-4)9-10-18-15/h9-10,12-13,16H,5-8,11H2,1-4H3. The Kier molecular flexibility index (Phi) is 7.36. The summed E-state index contributed by atoms with van der Waals surface area (Å²) in [4.78, 5) is 1.34. The number of hydrogen-bond acceptors (Lipinski definition) is 3. The van der Waals surface area contributed by atoms with Crippen molar-refractivity contribution in [1.82, 2.24) is 5.32 Å². The van der Waals surface area contributed by atoms with Crippen molar-refractivity contribution in [3.8, 4) is 5.75 Å². The number of unbranched alkanes of at least 4 members (excludes halogenated alkanes) is 1. The molecule has 0 aliphatic carbocycles. The van der Waals surface area contributed by atoms with Crippen molar-refractivity contribution in [3.63, 3.8) is 0 Å². The summed E-state index contributed by atoms with van der Waals surface area (Å²) in [5.41, 5.74) is 0. The van der Waals surface area contributed by atoms with Gasteiger partial charge in [-0.3, -0.25) is 0 Å². The molecule has 0 aliphatic heterocycles. The lowest BCUT2D eigenvalue weighted by Crippen LogP contribution is -2.19. The van der Waals surface area contributed by atoms with Crippen molar-refractivity contribution in [2.75, 3.05) is 14.2 Å². The van der Waals surface area contributed by atoms with Crippen molar-refractivity contribution in [3.05, 3.63) is 16.3 Å². The lowest BCUT2D eigenvalue weighted by Gasteiger charge is -2.22. The van der Waals surface area contributed by atoms with Crippen LogP contribution in [0.25, 0.3) is 0 Å². The highest BCUT2D eigenvalue weighted by Gasteiger charge is 2.19. The Balaban J connectivity index is 2.65. The van der Waals surface area contributed by atoms with E-state index < -0.39 is 0 Å². The first kappa shape index (κ1) is 15.5. The first-order valence-corrected chi connectivity index (χ1v) is 7.93. The van der Waals surface area contributed by atoms with Gasteiger partial charge in [-0.2, -0.15) is 0 Å². The molecule has 0 saturated heterocycles. The van der Waals surface area contributed by atoms with E-state index in [4.69, 9.17) is 4.74 Å². The van der Waals surface area contributed by atoms with Crippen LogP contribution in [-0.4, -0.2) is 14.2 Å². The van der Waals surface area contributed by atoms with Crippen molar-refractivity contribution < 1.29 is 4.74 Å². The molecule has 3 heteroatoms. The Labute approximate surface area is 116 Å². The summed E-state index contributed by atoms with van der Waals surface area (Å²) in [6, 6.07) is 2.50. The van der Waals surface area contributed by atoms with Gasteiger partial charge < -0.3 is 10.1 Å². The summed E-state index contributed by atoms with van der Waals surface area (Å²) in [5, 5.41) is 5.57. The van der Waals surface area contributed by atoms with Gasteiger partial charge in [0.25, 0.3) is 0 Å². The van der Waals surface area contributed by atoms with Gasteiger partial charge in [0.2, 0.25) is 0 Å². The van der Waals surface area contributed by atoms with Gasteiger partial charge in [0.05, 0.1) is 12.0 Å². The number of methoxy groups -OCH3 is 1. The lowest BCUT2D eigenvalue weighted by molar-refractivity contribution is 0.355. The van der Waals surface area contributed by atoms with Crippen LogP contribution in [0.3, 0.4) is 0 Å². The van der Waals surface area contributed by atoms with Crippen LogP contribution in [0, 0.1) is 5.92 Å². The Morgan fingerprint density at radius 3 is 2.72 bits per heavy atom.